The Morgan fingerprint density at radius 3 is 2.22 bits per heavy atom. The van der Waals surface area contributed by atoms with Gasteiger partial charge in [-0.25, -0.2) is 8.42 Å². The summed E-state index contributed by atoms with van der Waals surface area (Å²) in [6.45, 7) is 4.87. The molecule has 1 atom stereocenters. The Morgan fingerprint density at radius 2 is 1.68 bits per heavy atom. The third-order valence-corrected chi connectivity index (χ3v) is 7.44. The molecular weight excluding hydrogens is 514 g/mol. The molecule has 2 amide bonds. The van der Waals surface area contributed by atoms with Crippen LogP contribution in [-0.2, 0) is 26.2 Å². The number of carbonyl (C=O) groups excluding carboxylic acids is 2. The number of methoxy groups -OCH3 is 1. The molecule has 10 heteroatoms. The second kappa shape index (κ2) is 14.8. The van der Waals surface area contributed by atoms with Gasteiger partial charge >= 0.3 is 0 Å². The number of nitrogens with one attached hydrogen (secondary N) is 1. The van der Waals surface area contributed by atoms with Gasteiger partial charge in [0.05, 0.1) is 19.1 Å². The van der Waals surface area contributed by atoms with Crippen molar-refractivity contribution in [3.8, 4) is 5.75 Å². The molecule has 0 spiro atoms. The van der Waals surface area contributed by atoms with Crippen LogP contribution in [0, 0.1) is 0 Å². The van der Waals surface area contributed by atoms with Crippen LogP contribution in [0.25, 0.3) is 0 Å². The van der Waals surface area contributed by atoms with Gasteiger partial charge in [-0.15, -0.1) is 0 Å². The van der Waals surface area contributed by atoms with E-state index < -0.39 is 16.1 Å². The van der Waals surface area contributed by atoms with Crippen LogP contribution in [0.5, 0.6) is 5.75 Å². The Kier molecular flexibility index (Phi) is 12.2. The highest BCUT2D eigenvalue weighted by atomic mass is 35.5. The number of ether oxygens (including phenoxy) is 1. The smallest absolute Gasteiger partial charge is 0.242 e. The highest BCUT2D eigenvalue weighted by Crippen LogP contribution is 2.22. The van der Waals surface area contributed by atoms with Gasteiger partial charge in [0.1, 0.15) is 11.8 Å². The number of amides is 2. The van der Waals surface area contributed by atoms with Crippen molar-refractivity contribution in [2.24, 2.45) is 0 Å². The van der Waals surface area contributed by atoms with Crippen molar-refractivity contribution in [2.75, 3.05) is 30.8 Å². The molecule has 0 saturated heterocycles. The maximum atomic E-state index is 13.5. The summed E-state index contributed by atoms with van der Waals surface area (Å²) >= 11 is 5.95. The molecule has 0 unspecified atom stereocenters. The zero-order chi connectivity index (χ0) is 27.4. The largest absolute Gasteiger partial charge is 0.497 e. The number of hydrogen-bond acceptors (Lipinski definition) is 5. The van der Waals surface area contributed by atoms with Gasteiger partial charge in [0, 0.05) is 31.1 Å². The van der Waals surface area contributed by atoms with Crippen LogP contribution in [0.3, 0.4) is 0 Å². The number of hydrogen-bond donors (Lipinski definition) is 1. The van der Waals surface area contributed by atoms with E-state index in [1.807, 2.05) is 38.1 Å². The first-order valence-electron chi connectivity index (χ1n) is 12.5. The maximum absolute atomic E-state index is 13.5. The first-order chi connectivity index (χ1) is 17.6. The molecule has 0 aliphatic rings. The molecule has 0 aliphatic carbocycles. The molecule has 2 aromatic rings. The number of anilines is 1. The number of sulfonamides is 1. The van der Waals surface area contributed by atoms with E-state index in [4.69, 9.17) is 16.3 Å². The predicted octanol–water partition coefficient (Wildman–Crippen LogP) is 4.62. The van der Waals surface area contributed by atoms with E-state index >= 15 is 0 Å². The lowest BCUT2D eigenvalue weighted by molar-refractivity contribution is -0.141. The Bertz CT molecular complexity index is 1110. The van der Waals surface area contributed by atoms with Crippen LogP contribution >= 0.6 is 11.6 Å². The van der Waals surface area contributed by atoms with Crippen molar-refractivity contribution in [2.45, 2.75) is 58.5 Å². The summed E-state index contributed by atoms with van der Waals surface area (Å²) in [5, 5.41) is 3.45. The van der Waals surface area contributed by atoms with Crippen molar-refractivity contribution in [3.05, 3.63) is 59.1 Å². The molecule has 0 fully saturated rings. The van der Waals surface area contributed by atoms with Crippen molar-refractivity contribution in [3.63, 3.8) is 0 Å². The maximum Gasteiger partial charge on any atom is 0.242 e. The predicted molar refractivity (Wildman–Crippen MR) is 148 cm³/mol. The summed E-state index contributed by atoms with van der Waals surface area (Å²) in [7, 11) is -1.98. The minimum Gasteiger partial charge on any atom is -0.497 e. The molecule has 2 aromatic carbocycles. The summed E-state index contributed by atoms with van der Waals surface area (Å²) in [4.78, 5) is 28.0. The van der Waals surface area contributed by atoms with Gasteiger partial charge in [0.25, 0.3) is 0 Å². The van der Waals surface area contributed by atoms with E-state index in [-0.39, 0.29) is 31.3 Å². The topological polar surface area (TPSA) is 96.0 Å². The van der Waals surface area contributed by atoms with E-state index in [1.54, 1.807) is 36.3 Å². The van der Waals surface area contributed by atoms with Gasteiger partial charge < -0.3 is 15.0 Å². The number of nitrogens with zero attached hydrogens (tertiary/aromatic N) is 2. The molecule has 0 heterocycles. The van der Waals surface area contributed by atoms with Crippen LogP contribution < -0.4 is 14.4 Å². The summed E-state index contributed by atoms with van der Waals surface area (Å²) in [6.07, 6.45) is 3.79. The number of carbonyl (C=O) groups is 2. The number of rotatable bonds is 15. The molecule has 0 aliphatic heterocycles. The summed E-state index contributed by atoms with van der Waals surface area (Å²) in [5.74, 6) is 0.309. The molecule has 0 radical (unpaired) electrons. The molecule has 8 nitrogen and oxygen atoms in total. The quantitative estimate of drug-likeness (QED) is 0.326. The van der Waals surface area contributed by atoms with Crippen molar-refractivity contribution >= 4 is 39.1 Å². The standard InChI is InChI=1S/C27H38ClN3O5S/c1-5-7-18-29-27(33)25(6-2)30(20-21-10-16-24(36-3)17-11-21)26(32)9-8-19-31(37(4,34)35)23-14-12-22(28)13-15-23/h10-17,25H,5-9,18-20H2,1-4H3,(H,29,33)/t25-/m0/s1. The highest BCUT2D eigenvalue weighted by molar-refractivity contribution is 7.92. The number of unbranched alkanes of at least 4 members (excludes halogenated alkanes) is 1. The van der Waals surface area contributed by atoms with Crippen LogP contribution in [0.4, 0.5) is 5.69 Å². The normalized spacial score (nSPS) is 12.0. The second-order valence-corrected chi connectivity index (χ2v) is 11.2. The van der Waals surface area contributed by atoms with Crippen LogP contribution in [-0.4, -0.2) is 57.6 Å². The van der Waals surface area contributed by atoms with Gasteiger partial charge in [0.2, 0.25) is 21.8 Å². The van der Waals surface area contributed by atoms with E-state index in [0.717, 1.165) is 24.7 Å². The summed E-state index contributed by atoms with van der Waals surface area (Å²) in [6, 6.07) is 13.3. The van der Waals surface area contributed by atoms with Gasteiger partial charge in [-0.2, -0.15) is 0 Å². The lowest BCUT2D eigenvalue weighted by Crippen LogP contribution is -2.49. The molecule has 1 N–H and O–H groups in total. The van der Waals surface area contributed by atoms with E-state index in [0.29, 0.717) is 35.8 Å². The van der Waals surface area contributed by atoms with Gasteiger partial charge in [0.15, 0.2) is 0 Å². The zero-order valence-corrected chi connectivity index (χ0v) is 23.6. The number of halogens is 1. The minimum atomic E-state index is -3.56. The van der Waals surface area contributed by atoms with Crippen molar-refractivity contribution in [1.82, 2.24) is 10.2 Å². The first-order valence-corrected chi connectivity index (χ1v) is 14.8. The molecule has 204 valence electrons. The zero-order valence-electron chi connectivity index (χ0n) is 22.1. The number of benzene rings is 2. The highest BCUT2D eigenvalue weighted by Gasteiger charge is 2.28. The molecular formula is C27H38ClN3O5S. The molecule has 0 aromatic heterocycles. The van der Waals surface area contributed by atoms with Crippen LogP contribution in [0.15, 0.2) is 48.5 Å². The molecule has 37 heavy (non-hydrogen) atoms. The lowest BCUT2D eigenvalue weighted by atomic mass is 10.1. The molecule has 0 bridgehead atoms. The third-order valence-electron chi connectivity index (χ3n) is 5.99. The van der Waals surface area contributed by atoms with Crippen molar-refractivity contribution < 1.29 is 22.7 Å². The molecule has 0 saturated carbocycles. The summed E-state index contributed by atoms with van der Waals surface area (Å²) < 4.78 is 31.3. The Balaban J connectivity index is 2.19. The average Bonchev–Trinajstić information content (AvgIpc) is 2.87. The fourth-order valence-electron chi connectivity index (χ4n) is 3.96. The summed E-state index contributed by atoms with van der Waals surface area (Å²) in [5.41, 5.74) is 1.35. The van der Waals surface area contributed by atoms with E-state index in [9.17, 15) is 18.0 Å². The van der Waals surface area contributed by atoms with Gasteiger partial charge in [-0.3, -0.25) is 13.9 Å². The first kappa shape index (κ1) is 30.4. The minimum absolute atomic E-state index is 0.0918. The monoisotopic (exact) mass is 551 g/mol. The second-order valence-electron chi connectivity index (χ2n) is 8.85. The van der Waals surface area contributed by atoms with Crippen LogP contribution in [0.2, 0.25) is 5.02 Å². The van der Waals surface area contributed by atoms with Crippen LogP contribution in [0.1, 0.15) is 51.5 Å². The molecule has 2 rings (SSSR count). The van der Waals surface area contributed by atoms with Gasteiger partial charge in [-0.05, 0) is 61.2 Å². The van der Waals surface area contributed by atoms with Crippen molar-refractivity contribution in [1.29, 1.82) is 0 Å². The Morgan fingerprint density at radius 1 is 1.03 bits per heavy atom. The Labute approximate surface area is 226 Å². The SMILES string of the molecule is CCCCNC(=O)[C@H](CC)N(Cc1ccc(OC)cc1)C(=O)CCCN(c1ccc(Cl)cc1)S(C)(=O)=O. The Hall–Kier alpha value is -2.78. The fraction of sp³-hybridized carbons (Fsp3) is 0.481. The lowest BCUT2D eigenvalue weighted by Gasteiger charge is -2.31. The van der Waals surface area contributed by atoms with E-state index in [2.05, 4.69) is 5.32 Å². The average molecular weight is 552 g/mol. The fourth-order valence-corrected chi connectivity index (χ4v) is 5.06. The van der Waals surface area contributed by atoms with E-state index in [1.165, 1.54) is 4.31 Å². The van der Waals surface area contributed by atoms with Gasteiger partial charge in [-0.1, -0.05) is 44.0 Å². The third kappa shape index (κ3) is 9.55.